The molecule has 1 aromatic rings. The first-order valence-corrected chi connectivity index (χ1v) is 4.91. The van der Waals surface area contributed by atoms with Gasteiger partial charge in [0.15, 0.2) is 5.76 Å². The summed E-state index contributed by atoms with van der Waals surface area (Å²) in [6.07, 6.45) is 4.62. The normalized spacial score (nSPS) is 22.3. The lowest BCUT2D eigenvalue weighted by Gasteiger charge is -2.06. The van der Waals surface area contributed by atoms with Crippen LogP contribution in [0.4, 0.5) is 0 Å². The van der Waals surface area contributed by atoms with Gasteiger partial charge in [-0.3, -0.25) is 0 Å². The van der Waals surface area contributed by atoms with Crippen molar-refractivity contribution < 1.29 is 14.5 Å². The van der Waals surface area contributed by atoms with Gasteiger partial charge in [0.1, 0.15) is 19.2 Å². The van der Waals surface area contributed by atoms with Crippen molar-refractivity contribution in [3.05, 3.63) is 24.2 Å². The minimum Gasteiger partial charge on any atom is -0.463 e. The topological polar surface area (TPSA) is 39.0 Å². The molecular weight excluding hydrogens is 166 g/mol. The Kier molecular flexibility index (Phi) is 3.00. The lowest BCUT2D eigenvalue weighted by Crippen LogP contribution is -2.84. The highest BCUT2D eigenvalue weighted by Crippen LogP contribution is 2.09. The number of hydrogen-bond donors (Lipinski definition) is 1. The summed E-state index contributed by atoms with van der Waals surface area (Å²) in [6, 6.07) is 3.93. The second-order valence-corrected chi connectivity index (χ2v) is 3.44. The number of quaternary nitrogens is 1. The van der Waals surface area contributed by atoms with Crippen LogP contribution in [-0.4, -0.2) is 19.3 Å². The fourth-order valence-corrected chi connectivity index (χ4v) is 1.67. The first kappa shape index (κ1) is 8.78. The first-order valence-electron chi connectivity index (χ1n) is 4.91. The van der Waals surface area contributed by atoms with Gasteiger partial charge < -0.3 is 14.5 Å². The summed E-state index contributed by atoms with van der Waals surface area (Å²) in [5, 5.41) is 2.24. The van der Waals surface area contributed by atoms with E-state index in [0.29, 0.717) is 6.10 Å². The molecule has 1 atom stereocenters. The zero-order valence-electron chi connectivity index (χ0n) is 7.74. The monoisotopic (exact) mass is 182 g/mol. The van der Waals surface area contributed by atoms with Gasteiger partial charge in [-0.15, -0.1) is 0 Å². The lowest BCUT2D eigenvalue weighted by molar-refractivity contribution is -0.677. The molecular formula is C10H16NO2+. The van der Waals surface area contributed by atoms with Crippen LogP contribution in [0.25, 0.3) is 0 Å². The van der Waals surface area contributed by atoms with E-state index in [2.05, 4.69) is 5.32 Å². The molecule has 1 saturated heterocycles. The summed E-state index contributed by atoms with van der Waals surface area (Å²) in [6.45, 7) is 2.92. The van der Waals surface area contributed by atoms with Crippen LogP contribution < -0.4 is 5.32 Å². The van der Waals surface area contributed by atoms with E-state index in [1.807, 2.05) is 12.1 Å². The van der Waals surface area contributed by atoms with Crippen molar-refractivity contribution in [1.29, 1.82) is 0 Å². The standard InChI is InChI=1S/C10H15NO2/c1-3-9(12-5-1)7-11-8-10-4-2-6-13-10/h1,3,5,10-11H,2,4,6-8H2/p+1. The number of furan rings is 1. The van der Waals surface area contributed by atoms with Crippen molar-refractivity contribution >= 4 is 0 Å². The largest absolute Gasteiger partial charge is 0.463 e. The smallest absolute Gasteiger partial charge is 0.157 e. The highest BCUT2D eigenvalue weighted by Gasteiger charge is 2.16. The van der Waals surface area contributed by atoms with Crippen molar-refractivity contribution in [2.75, 3.05) is 13.2 Å². The molecule has 3 nitrogen and oxygen atoms in total. The third-order valence-corrected chi connectivity index (χ3v) is 2.38. The van der Waals surface area contributed by atoms with Crippen molar-refractivity contribution in [2.45, 2.75) is 25.5 Å². The summed E-state index contributed by atoms with van der Waals surface area (Å²) in [5.41, 5.74) is 0. The average Bonchev–Trinajstić information content (AvgIpc) is 2.75. The first-order chi connectivity index (χ1) is 6.45. The minimum atomic E-state index is 0.468. The van der Waals surface area contributed by atoms with Crippen molar-refractivity contribution in [3.63, 3.8) is 0 Å². The SMILES string of the molecule is c1coc(C[NH2+]CC2CCCO2)c1. The molecule has 0 radical (unpaired) electrons. The van der Waals surface area contributed by atoms with Gasteiger partial charge >= 0.3 is 0 Å². The van der Waals surface area contributed by atoms with E-state index in [1.165, 1.54) is 12.8 Å². The Hall–Kier alpha value is -0.800. The van der Waals surface area contributed by atoms with E-state index in [9.17, 15) is 0 Å². The maximum Gasteiger partial charge on any atom is 0.157 e. The molecule has 3 heteroatoms. The summed E-state index contributed by atoms with van der Waals surface area (Å²) in [5.74, 6) is 1.04. The van der Waals surface area contributed by atoms with Crippen LogP contribution in [0.15, 0.2) is 22.8 Å². The lowest BCUT2D eigenvalue weighted by atomic mass is 10.2. The minimum absolute atomic E-state index is 0.468. The predicted molar refractivity (Wildman–Crippen MR) is 48.2 cm³/mol. The number of hydrogen-bond acceptors (Lipinski definition) is 2. The van der Waals surface area contributed by atoms with Crippen LogP contribution >= 0.6 is 0 Å². The van der Waals surface area contributed by atoms with Gasteiger partial charge in [-0.25, -0.2) is 0 Å². The maximum absolute atomic E-state index is 5.51. The predicted octanol–water partition coefficient (Wildman–Crippen LogP) is 0.522. The molecule has 1 unspecified atom stereocenters. The third-order valence-electron chi connectivity index (χ3n) is 2.38. The molecule has 0 aromatic carbocycles. The second kappa shape index (κ2) is 4.44. The second-order valence-electron chi connectivity index (χ2n) is 3.44. The van der Waals surface area contributed by atoms with E-state index >= 15 is 0 Å². The van der Waals surface area contributed by atoms with Crippen molar-refractivity contribution in [1.82, 2.24) is 0 Å². The Morgan fingerprint density at radius 3 is 3.23 bits per heavy atom. The third kappa shape index (κ3) is 2.57. The van der Waals surface area contributed by atoms with Gasteiger partial charge in [0.2, 0.25) is 0 Å². The van der Waals surface area contributed by atoms with Crippen LogP contribution in [-0.2, 0) is 11.3 Å². The zero-order chi connectivity index (χ0) is 8.93. The Bertz CT molecular complexity index is 227. The molecule has 1 aromatic heterocycles. The maximum atomic E-state index is 5.51. The Morgan fingerprint density at radius 2 is 2.54 bits per heavy atom. The molecule has 72 valence electrons. The van der Waals surface area contributed by atoms with Gasteiger partial charge in [-0.1, -0.05) is 0 Å². The summed E-state index contributed by atoms with van der Waals surface area (Å²) in [7, 11) is 0. The van der Waals surface area contributed by atoms with Crippen LogP contribution in [0.3, 0.4) is 0 Å². The Morgan fingerprint density at radius 1 is 1.54 bits per heavy atom. The molecule has 2 N–H and O–H groups in total. The van der Waals surface area contributed by atoms with Gasteiger partial charge in [0.05, 0.1) is 6.26 Å². The number of nitrogens with two attached hydrogens (primary N) is 1. The van der Waals surface area contributed by atoms with Crippen LogP contribution in [0.1, 0.15) is 18.6 Å². The molecule has 1 fully saturated rings. The molecule has 0 saturated carbocycles. The zero-order valence-corrected chi connectivity index (χ0v) is 7.74. The molecule has 0 amide bonds. The highest BCUT2D eigenvalue weighted by atomic mass is 16.5. The molecule has 1 aliphatic heterocycles. The summed E-state index contributed by atoms with van der Waals surface area (Å²) in [4.78, 5) is 0. The van der Waals surface area contributed by atoms with Crippen molar-refractivity contribution in [3.8, 4) is 0 Å². The fourth-order valence-electron chi connectivity index (χ4n) is 1.67. The van der Waals surface area contributed by atoms with E-state index in [1.54, 1.807) is 6.26 Å². The quantitative estimate of drug-likeness (QED) is 0.737. The van der Waals surface area contributed by atoms with Gasteiger partial charge in [0, 0.05) is 6.61 Å². The average molecular weight is 182 g/mol. The molecule has 0 aliphatic carbocycles. The van der Waals surface area contributed by atoms with Crippen LogP contribution in [0.2, 0.25) is 0 Å². The van der Waals surface area contributed by atoms with Crippen LogP contribution in [0, 0.1) is 0 Å². The summed E-state index contributed by atoms with van der Waals surface area (Å²) < 4.78 is 10.7. The number of ether oxygens (including phenoxy) is 1. The highest BCUT2D eigenvalue weighted by molar-refractivity contribution is 4.95. The fraction of sp³-hybridized carbons (Fsp3) is 0.600. The van der Waals surface area contributed by atoms with Gasteiger partial charge in [0.25, 0.3) is 0 Å². The van der Waals surface area contributed by atoms with E-state index in [4.69, 9.17) is 9.15 Å². The Labute approximate surface area is 78.1 Å². The molecule has 0 spiro atoms. The molecule has 0 bridgehead atoms. The molecule has 1 aliphatic rings. The van der Waals surface area contributed by atoms with E-state index in [0.717, 1.165) is 25.5 Å². The molecule has 2 rings (SSSR count). The van der Waals surface area contributed by atoms with Gasteiger partial charge in [-0.2, -0.15) is 0 Å². The molecule has 2 heterocycles. The number of rotatable bonds is 4. The van der Waals surface area contributed by atoms with E-state index < -0.39 is 0 Å². The molecule has 13 heavy (non-hydrogen) atoms. The van der Waals surface area contributed by atoms with E-state index in [-0.39, 0.29) is 0 Å². The van der Waals surface area contributed by atoms with Crippen molar-refractivity contribution in [2.24, 2.45) is 0 Å². The van der Waals surface area contributed by atoms with Crippen LogP contribution in [0.5, 0.6) is 0 Å². The van der Waals surface area contributed by atoms with Gasteiger partial charge in [-0.05, 0) is 25.0 Å². The Balaban J connectivity index is 1.63. The summed E-state index contributed by atoms with van der Waals surface area (Å²) >= 11 is 0.